The van der Waals surface area contributed by atoms with Crippen molar-refractivity contribution in [1.82, 2.24) is 10.6 Å². The maximum atomic E-state index is 13.1. The Morgan fingerprint density at radius 1 is 1.26 bits per heavy atom. The summed E-state index contributed by atoms with van der Waals surface area (Å²) in [7, 11) is 0. The minimum Gasteiger partial charge on any atom is -0.489 e. The molecule has 1 saturated heterocycles. The molecule has 2 aliphatic rings. The minimum atomic E-state index is -1.16. The lowest BCUT2D eigenvalue weighted by Gasteiger charge is -2.25. The largest absolute Gasteiger partial charge is 0.489 e. The molecule has 0 aliphatic carbocycles. The molecule has 0 saturated carbocycles. The van der Waals surface area contributed by atoms with Crippen molar-refractivity contribution in [2.75, 3.05) is 42.6 Å². The maximum absolute atomic E-state index is 13.1. The number of carboxylic acids is 2. The van der Waals surface area contributed by atoms with Crippen LogP contribution in [0.15, 0.2) is 24.3 Å². The van der Waals surface area contributed by atoms with Crippen molar-refractivity contribution in [2.24, 2.45) is 5.92 Å². The van der Waals surface area contributed by atoms with E-state index in [9.17, 15) is 24.6 Å². The number of para-hydroxylation sites is 2. The molecule has 1 aromatic carbocycles. The summed E-state index contributed by atoms with van der Waals surface area (Å²) in [5, 5.41) is 25.1. The second-order valence-electron chi connectivity index (χ2n) is 7.76. The van der Waals surface area contributed by atoms with Gasteiger partial charge in [-0.3, -0.25) is 24.6 Å². The number of ether oxygens (including phenoxy) is 1. The predicted molar refractivity (Wildman–Crippen MR) is 118 cm³/mol. The van der Waals surface area contributed by atoms with Crippen molar-refractivity contribution >= 4 is 35.3 Å². The molecule has 31 heavy (non-hydrogen) atoms. The van der Waals surface area contributed by atoms with E-state index in [4.69, 9.17) is 4.74 Å². The molecule has 3 rings (SSSR count). The zero-order valence-corrected chi connectivity index (χ0v) is 18.1. The van der Waals surface area contributed by atoms with Gasteiger partial charge in [-0.25, -0.2) is 0 Å². The van der Waals surface area contributed by atoms with Crippen molar-refractivity contribution in [2.45, 2.75) is 31.3 Å². The Kier molecular flexibility index (Phi) is 8.56. The predicted octanol–water partition coefficient (Wildman–Crippen LogP) is 1.03. The third kappa shape index (κ3) is 6.59. The summed E-state index contributed by atoms with van der Waals surface area (Å²) in [5.41, 5.74) is 0.363. The van der Waals surface area contributed by atoms with Crippen LogP contribution in [-0.4, -0.2) is 77.9 Å². The number of amides is 1. The van der Waals surface area contributed by atoms with Crippen LogP contribution >= 0.6 is 11.8 Å². The van der Waals surface area contributed by atoms with E-state index in [0.717, 1.165) is 43.0 Å². The fourth-order valence-corrected chi connectivity index (χ4v) is 4.97. The van der Waals surface area contributed by atoms with Gasteiger partial charge >= 0.3 is 11.9 Å². The molecular weight excluding hydrogens is 422 g/mol. The number of rotatable bonds is 10. The van der Waals surface area contributed by atoms with Crippen LogP contribution in [0.4, 0.5) is 5.69 Å². The molecule has 0 spiro atoms. The summed E-state index contributed by atoms with van der Waals surface area (Å²) in [6.07, 6.45) is 3.34. The summed E-state index contributed by atoms with van der Waals surface area (Å²) >= 11 is 1.55. The summed E-state index contributed by atoms with van der Waals surface area (Å²) in [6.45, 7) is 1.47. The van der Waals surface area contributed by atoms with E-state index in [1.54, 1.807) is 36.0 Å². The van der Waals surface area contributed by atoms with Gasteiger partial charge in [-0.2, -0.15) is 11.8 Å². The zero-order chi connectivity index (χ0) is 22.2. The van der Waals surface area contributed by atoms with Gasteiger partial charge in [0.2, 0.25) is 5.91 Å². The molecule has 0 radical (unpaired) electrons. The molecule has 0 aromatic heterocycles. The lowest BCUT2D eigenvalue weighted by atomic mass is 9.96. The highest BCUT2D eigenvalue weighted by atomic mass is 32.2. The average molecular weight is 452 g/mol. The number of benzene rings is 1. The van der Waals surface area contributed by atoms with Gasteiger partial charge in [-0.05, 0) is 56.2 Å². The van der Waals surface area contributed by atoms with Gasteiger partial charge < -0.3 is 20.3 Å². The second-order valence-corrected chi connectivity index (χ2v) is 8.91. The van der Waals surface area contributed by atoms with E-state index in [2.05, 4.69) is 10.6 Å². The number of nitrogens with zero attached hydrogens (tertiary/aromatic N) is 1. The summed E-state index contributed by atoms with van der Waals surface area (Å²) in [5.74, 6) is -0.480. The van der Waals surface area contributed by atoms with Crippen LogP contribution in [0, 0.1) is 5.92 Å². The van der Waals surface area contributed by atoms with E-state index in [1.807, 2.05) is 0 Å². The standard InChI is InChI=1S/C21H29N3O6S/c25-19(26)11-24-17-3-1-2-4-18(17)30-12-15(20(24)27)23-16(21(28)29)13-31-10-7-14-5-8-22-9-6-14/h1-4,14-16,22-23H,5-13H2,(H,25,26)(H,28,29)/t15?,16-/m1/s1. The smallest absolute Gasteiger partial charge is 0.323 e. The first-order chi connectivity index (χ1) is 15.0. The normalized spacial score (nSPS) is 20.5. The van der Waals surface area contributed by atoms with Gasteiger partial charge in [0.1, 0.15) is 31.0 Å². The van der Waals surface area contributed by atoms with E-state index < -0.39 is 36.5 Å². The molecule has 0 bridgehead atoms. The number of hydrogen-bond donors (Lipinski definition) is 4. The Hall–Kier alpha value is -2.30. The number of piperidine rings is 1. The third-order valence-corrected chi connectivity index (χ3v) is 6.63. The van der Waals surface area contributed by atoms with Crippen LogP contribution in [0.3, 0.4) is 0 Å². The summed E-state index contributed by atoms with van der Waals surface area (Å²) in [6, 6.07) is 4.79. The molecular formula is C21H29N3O6S. The minimum absolute atomic E-state index is 0.0739. The molecule has 170 valence electrons. The van der Waals surface area contributed by atoms with Gasteiger partial charge in [0.25, 0.3) is 0 Å². The van der Waals surface area contributed by atoms with Gasteiger partial charge in [0, 0.05) is 5.75 Å². The summed E-state index contributed by atoms with van der Waals surface area (Å²) in [4.78, 5) is 37.3. The Labute approximate surface area is 185 Å². The Morgan fingerprint density at radius 3 is 2.71 bits per heavy atom. The number of anilines is 1. The van der Waals surface area contributed by atoms with Crippen molar-refractivity contribution in [3.05, 3.63) is 24.3 Å². The monoisotopic (exact) mass is 451 g/mol. The molecule has 10 heteroatoms. The molecule has 2 heterocycles. The quantitative estimate of drug-likeness (QED) is 0.386. The molecule has 1 amide bonds. The second kappa shape index (κ2) is 11.4. The number of thioether (sulfide) groups is 1. The lowest BCUT2D eigenvalue weighted by molar-refractivity contribution is -0.140. The molecule has 4 N–H and O–H groups in total. The highest BCUT2D eigenvalue weighted by molar-refractivity contribution is 7.99. The van der Waals surface area contributed by atoms with Gasteiger partial charge in [0.15, 0.2) is 0 Å². The first-order valence-corrected chi connectivity index (χ1v) is 11.6. The highest BCUT2D eigenvalue weighted by Gasteiger charge is 2.35. The number of nitrogens with one attached hydrogen (secondary N) is 2. The van der Waals surface area contributed by atoms with Crippen molar-refractivity contribution in [3.8, 4) is 5.75 Å². The van der Waals surface area contributed by atoms with Crippen LogP contribution in [0.25, 0.3) is 0 Å². The van der Waals surface area contributed by atoms with Gasteiger partial charge in [-0.15, -0.1) is 0 Å². The first kappa shape index (κ1) is 23.4. The maximum Gasteiger partial charge on any atom is 0.323 e. The molecule has 1 fully saturated rings. The zero-order valence-electron chi connectivity index (χ0n) is 17.3. The highest BCUT2D eigenvalue weighted by Crippen LogP contribution is 2.31. The fraction of sp³-hybridized carbons (Fsp3) is 0.571. The molecule has 1 aromatic rings. The average Bonchev–Trinajstić information content (AvgIpc) is 2.88. The van der Waals surface area contributed by atoms with E-state index in [1.165, 1.54) is 0 Å². The van der Waals surface area contributed by atoms with E-state index in [-0.39, 0.29) is 6.61 Å². The van der Waals surface area contributed by atoms with Crippen molar-refractivity contribution in [1.29, 1.82) is 0 Å². The lowest BCUT2D eigenvalue weighted by Crippen LogP contribution is -2.55. The number of carbonyl (C=O) groups is 3. The van der Waals surface area contributed by atoms with Crippen LogP contribution < -0.4 is 20.3 Å². The number of fused-ring (bicyclic) bond motifs is 1. The Bertz CT molecular complexity index is 786. The number of hydrogen-bond acceptors (Lipinski definition) is 7. The molecule has 2 atom stereocenters. The topological polar surface area (TPSA) is 128 Å². The SMILES string of the molecule is O=C(O)CN1C(=O)C(N[C@H](CSCCC2CCNCC2)C(=O)O)COc2ccccc21. The Morgan fingerprint density at radius 2 is 2.00 bits per heavy atom. The van der Waals surface area contributed by atoms with Crippen LogP contribution in [0.2, 0.25) is 0 Å². The number of carboxylic acid groups (broad SMARTS) is 2. The Balaban J connectivity index is 1.60. The first-order valence-electron chi connectivity index (χ1n) is 10.5. The third-order valence-electron chi connectivity index (χ3n) is 5.53. The van der Waals surface area contributed by atoms with Crippen molar-refractivity contribution < 1.29 is 29.3 Å². The van der Waals surface area contributed by atoms with Crippen LogP contribution in [0.1, 0.15) is 19.3 Å². The van der Waals surface area contributed by atoms with Gasteiger partial charge in [-0.1, -0.05) is 12.1 Å². The number of aliphatic carboxylic acids is 2. The fourth-order valence-electron chi connectivity index (χ4n) is 3.83. The van der Waals surface area contributed by atoms with Gasteiger partial charge in [0.05, 0.1) is 5.69 Å². The molecule has 9 nitrogen and oxygen atoms in total. The van der Waals surface area contributed by atoms with E-state index >= 15 is 0 Å². The molecule has 1 unspecified atom stereocenters. The van der Waals surface area contributed by atoms with E-state index in [0.29, 0.717) is 23.1 Å². The summed E-state index contributed by atoms with van der Waals surface area (Å²) < 4.78 is 5.71. The van der Waals surface area contributed by atoms with Crippen LogP contribution in [0.5, 0.6) is 5.75 Å². The van der Waals surface area contributed by atoms with Crippen molar-refractivity contribution in [3.63, 3.8) is 0 Å². The number of carbonyl (C=O) groups excluding carboxylic acids is 1. The molecule has 2 aliphatic heterocycles. The van der Waals surface area contributed by atoms with Crippen LogP contribution in [-0.2, 0) is 14.4 Å².